The van der Waals surface area contributed by atoms with E-state index in [4.69, 9.17) is 14.9 Å². The van der Waals surface area contributed by atoms with Crippen LogP contribution in [0.2, 0.25) is 0 Å². The Morgan fingerprint density at radius 2 is 1.60 bits per heavy atom. The number of methoxy groups -OCH3 is 1. The molecular weight excluding hydrogens is 481 g/mol. The maximum Gasteiger partial charge on any atom is 0.417 e. The van der Waals surface area contributed by atoms with Gasteiger partial charge in [0.15, 0.2) is 5.76 Å². The Kier molecular flexibility index (Phi) is 6.68. The number of hydrogen-bond donors (Lipinski definition) is 1. The molecule has 3 aromatic carbocycles. The Morgan fingerprint density at radius 1 is 0.971 bits per heavy atom. The van der Waals surface area contributed by atoms with Crippen molar-refractivity contribution in [1.29, 1.82) is 0 Å². The summed E-state index contributed by atoms with van der Waals surface area (Å²) >= 11 is 0. The highest BCUT2D eigenvalue weighted by Crippen LogP contribution is 2.39. The molecule has 2 N–H and O–H groups in total. The van der Waals surface area contributed by atoms with Crippen LogP contribution < -0.4 is 10.5 Å². The first-order valence-electron chi connectivity index (χ1n) is 10.5. The van der Waals surface area contributed by atoms with Crippen molar-refractivity contribution in [2.24, 2.45) is 5.73 Å². The van der Waals surface area contributed by atoms with E-state index in [0.717, 1.165) is 11.6 Å². The smallest absolute Gasteiger partial charge is 0.417 e. The zero-order valence-corrected chi connectivity index (χ0v) is 19.3. The van der Waals surface area contributed by atoms with Crippen molar-refractivity contribution >= 4 is 9.84 Å². The monoisotopic (exact) mass is 502 g/mol. The second kappa shape index (κ2) is 9.55. The van der Waals surface area contributed by atoms with Crippen LogP contribution >= 0.6 is 0 Å². The third-order valence-electron chi connectivity index (χ3n) is 5.34. The van der Waals surface area contributed by atoms with E-state index in [9.17, 15) is 21.6 Å². The highest BCUT2D eigenvalue weighted by atomic mass is 32.2. The molecule has 0 aliphatic heterocycles. The summed E-state index contributed by atoms with van der Waals surface area (Å²) in [6, 6.07) is 18.0. The van der Waals surface area contributed by atoms with E-state index in [2.05, 4.69) is 4.98 Å². The Labute approximate surface area is 200 Å². The van der Waals surface area contributed by atoms with Crippen LogP contribution in [0.15, 0.2) is 93.2 Å². The van der Waals surface area contributed by atoms with Crippen molar-refractivity contribution in [3.05, 3.63) is 95.7 Å². The molecule has 0 aliphatic carbocycles. The molecule has 182 valence electrons. The molecule has 1 unspecified atom stereocenters. The van der Waals surface area contributed by atoms with Crippen LogP contribution in [0.25, 0.3) is 11.5 Å². The van der Waals surface area contributed by atoms with Crippen LogP contribution in [0.5, 0.6) is 5.75 Å². The molecule has 6 nitrogen and oxygen atoms in total. The first kappa shape index (κ1) is 24.5. The fourth-order valence-corrected chi connectivity index (χ4v) is 5.00. The van der Waals surface area contributed by atoms with Gasteiger partial charge in [0.1, 0.15) is 5.75 Å². The number of sulfone groups is 1. The third-order valence-corrected chi connectivity index (χ3v) is 7.04. The van der Waals surface area contributed by atoms with E-state index in [0.29, 0.717) is 5.75 Å². The number of oxazole rings is 1. The normalized spacial score (nSPS) is 12.9. The molecule has 1 atom stereocenters. The average Bonchev–Trinajstić information content (AvgIpc) is 3.31. The lowest BCUT2D eigenvalue weighted by Gasteiger charge is -2.12. The molecule has 1 heterocycles. The molecule has 0 fully saturated rings. The summed E-state index contributed by atoms with van der Waals surface area (Å²) in [5.74, 6) is -0.0790. The number of nitrogens with two attached hydrogens (primary N) is 1. The standard InChI is InChI=1S/C25H21F3N2O4S/c1-33-17-13-11-16(12-14-17)15-21(29)22-24(35(31,32)18-7-3-2-4-8-18)30-23(34-22)19-9-5-6-10-20(19)25(26,27)28/h2-14,21H,15,29H2,1H3. The molecule has 4 aromatic rings. The van der Waals surface area contributed by atoms with Gasteiger partial charge in [-0.1, -0.05) is 42.5 Å². The molecule has 0 spiro atoms. The molecule has 1 aromatic heterocycles. The summed E-state index contributed by atoms with van der Waals surface area (Å²) in [4.78, 5) is 3.96. The minimum absolute atomic E-state index is 0.0816. The van der Waals surface area contributed by atoms with Crippen molar-refractivity contribution < 1.29 is 30.7 Å². The van der Waals surface area contributed by atoms with E-state index in [1.807, 2.05) is 0 Å². The Bertz CT molecular complexity index is 1420. The number of nitrogens with zero attached hydrogens (tertiary/aromatic N) is 1. The minimum atomic E-state index is -4.70. The zero-order chi connectivity index (χ0) is 25.2. The van der Waals surface area contributed by atoms with Crippen LogP contribution in [0.4, 0.5) is 13.2 Å². The van der Waals surface area contributed by atoms with Gasteiger partial charge in [-0.15, -0.1) is 0 Å². The van der Waals surface area contributed by atoms with Gasteiger partial charge in [0, 0.05) is 5.56 Å². The fraction of sp³-hybridized carbons (Fsp3) is 0.160. The lowest BCUT2D eigenvalue weighted by Crippen LogP contribution is -2.16. The minimum Gasteiger partial charge on any atom is -0.497 e. The second-order valence-electron chi connectivity index (χ2n) is 7.71. The predicted octanol–water partition coefficient (Wildman–Crippen LogP) is 5.44. The number of hydrogen-bond acceptors (Lipinski definition) is 6. The Morgan fingerprint density at radius 3 is 2.23 bits per heavy atom. The van der Waals surface area contributed by atoms with Gasteiger partial charge in [-0.05, 0) is 48.4 Å². The molecule has 0 bridgehead atoms. The van der Waals surface area contributed by atoms with Crippen molar-refractivity contribution in [2.75, 3.05) is 7.11 Å². The third kappa shape index (κ3) is 5.08. The summed E-state index contributed by atoms with van der Waals surface area (Å²) in [7, 11) is -2.72. The van der Waals surface area contributed by atoms with E-state index in [1.165, 1.54) is 49.6 Å². The molecule has 0 aliphatic rings. The van der Waals surface area contributed by atoms with Gasteiger partial charge in [0.2, 0.25) is 20.8 Å². The summed E-state index contributed by atoms with van der Waals surface area (Å²) in [6.07, 6.45) is -4.55. The molecule has 0 radical (unpaired) electrons. The van der Waals surface area contributed by atoms with E-state index >= 15 is 0 Å². The number of halogens is 3. The molecular formula is C25H21F3N2O4S. The Hall–Kier alpha value is -3.63. The number of rotatable bonds is 7. The topological polar surface area (TPSA) is 95.4 Å². The summed E-state index contributed by atoms with van der Waals surface area (Å²) < 4.78 is 78.5. The van der Waals surface area contributed by atoms with Crippen molar-refractivity contribution in [3.63, 3.8) is 0 Å². The lowest BCUT2D eigenvalue weighted by molar-refractivity contribution is -0.137. The molecule has 4 rings (SSSR count). The lowest BCUT2D eigenvalue weighted by atomic mass is 10.1. The number of ether oxygens (including phenoxy) is 1. The fourth-order valence-electron chi connectivity index (χ4n) is 3.60. The second-order valence-corrected chi connectivity index (χ2v) is 9.57. The van der Waals surface area contributed by atoms with Gasteiger partial charge < -0.3 is 14.9 Å². The van der Waals surface area contributed by atoms with E-state index < -0.39 is 38.5 Å². The van der Waals surface area contributed by atoms with Gasteiger partial charge >= 0.3 is 6.18 Å². The van der Waals surface area contributed by atoms with Gasteiger partial charge in [-0.2, -0.15) is 18.2 Å². The molecule has 0 amide bonds. The maximum atomic E-state index is 13.6. The van der Waals surface area contributed by atoms with Crippen LogP contribution in [0.3, 0.4) is 0 Å². The maximum absolute atomic E-state index is 13.6. The molecule has 0 saturated heterocycles. The summed E-state index contributed by atoms with van der Waals surface area (Å²) in [6.45, 7) is 0. The van der Waals surface area contributed by atoms with Gasteiger partial charge in [-0.25, -0.2) is 8.42 Å². The zero-order valence-electron chi connectivity index (χ0n) is 18.5. The van der Waals surface area contributed by atoms with Crippen LogP contribution in [0.1, 0.15) is 22.9 Å². The molecule has 10 heteroatoms. The highest BCUT2D eigenvalue weighted by molar-refractivity contribution is 7.91. The molecule has 0 saturated carbocycles. The molecule has 35 heavy (non-hydrogen) atoms. The van der Waals surface area contributed by atoms with Gasteiger partial charge in [0.25, 0.3) is 0 Å². The van der Waals surface area contributed by atoms with Crippen molar-refractivity contribution in [2.45, 2.75) is 28.6 Å². The van der Waals surface area contributed by atoms with Crippen LogP contribution in [-0.2, 0) is 22.4 Å². The summed E-state index contributed by atoms with van der Waals surface area (Å²) in [5.41, 5.74) is 5.70. The first-order chi connectivity index (χ1) is 16.6. The van der Waals surface area contributed by atoms with E-state index in [1.54, 1.807) is 30.3 Å². The highest BCUT2D eigenvalue weighted by Gasteiger charge is 2.37. The van der Waals surface area contributed by atoms with Gasteiger partial charge in [-0.3, -0.25) is 0 Å². The van der Waals surface area contributed by atoms with Crippen molar-refractivity contribution in [3.8, 4) is 17.2 Å². The van der Waals surface area contributed by atoms with Crippen LogP contribution in [-0.4, -0.2) is 20.5 Å². The number of aromatic nitrogens is 1. The van der Waals surface area contributed by atoms with Crippen molar-refractivity contribution in [1.82, 2.24) is 4.98 Å². The Balaban J connectivity index is 1.84. The first-order valence-corrected chi connectivity index (χ1v) is 12.0. The number of alkyl halides is 3. The number of benzene rings is 3. The van der Waals surface area contributed by atoms with E-state index in [-0.39, 0.29) is 22.6 Å². The van der Waals surface area contributed by atoms with Gasteiger partial charge in [0.05, 0.1) is 23.6 Å². The SMILES string of the molecule is COc1ccc(CC(N)c2oc(-c3ccccc3C(F)(F)F)nc2S(=O)(=O)c2ccccc2)cc1. The van der Waals surface area contributed by atoms with Crippen LogP contribution in [0, 0.1) is 0 Å². The summed E-state index contributed by atoms with van der Waals surface area (Å²) in [5, 5.41) is -0.517. The largest absolute Gasteiger partial charge is 0.497 e. The predicted molar refractivity (Wildman–Crippen MR) is 122 cm³/mol. The average molecular weight is 503 g/mol. The quantitative estimate of drug-likeness (QED) is 0.361.